The van der Waals surface area contributed by atoms with Crippen LogP contribution in [0.3, 0.4) is 0 Å². The summed E-state index contributed by atoms with van der Waals surface area (Å²) in [5, 5.41) is 17.3. The molecule has 1 fully saturated rings. The van der Waals surface area contributed by atoms with Gasteiger partial charge in [0.1, 0.15) is 5.82 Å². The molecule has 1 aliphatic carbocycles. The van der Waals surface area contributed by atoms with Gasteiger partial charge in [0.15, 0.2) is 0 Å². The second kappa shape index (κ2) is 9.98. The van der Waals surface area contributed by atoms with Gasteiger partial charge >= 0.3 is 0 Å². The van der Waals surface area contributed by atoms with Crippen LogP contribution in [0.5, 0.6) is 0 Å². The van der Waals surface area contributed by atoms with Crippen molar-refractivity contribution in [3.05, 3.63) is 36.0 Å². The van der Waals surface area contributed by atoms with Crippen LogP contribution in [0.1, 0.15) is 44.6 Å². The molecule has 0 radical (unpaired) electrons. The Bertz CT molecular complexity index is 817. The van der Waals surface area contributed by atoms with Gasteiger partial charge in [-0.3, -0.25) is 0 Å². The minimum atomic E-state index is 0.528. The molecule has 2 aromatic rings. The average molecular weight is 380 g/mol. The van der Waals surface area contributed by atoms with E-state index in [1.807, 2.05) is 31.2 Å². The Balaban J connectivity index is 1.66. The summed E-state index contributed by atoms with van der Waals surface area (Å²) >= 11 is 1.51. The van der Waals surface area contributed by atoms with Crippen LogP contribution in [-0.4, -0.2) is 22.7 Å². The highest BCUT2D eigenvalue weighted by Gasteiger charge is 2.14. The molecule has 1 saturated carbocycles. The third kappa shape index (κ3) is 5.73. The Morgan fingerprint density at radius 1 is 1.22 bits per heavy atom. The molecule has 1 aromatic carbocycles. The Kier molecular flexibility index (Phi) is 7.11. The number of hydrogen-bond donors (Lipinski definition) is 3. The molecule has 27 heavy (non-hydrogen) atoms. The molecular formula is C21H25N5S. The molecule has 0 amide bonds. The highest BCUT2D eigenvalue weighted by Crippen LogP contribution is 2.25. The quantitative estimate of drug-likeness (QED) is 0.347. The van der Waals surface area contributed by atoms with E-state index < -0.39 is 0 Å². The zero-order valence-corrected chi connectivity index (χ0v) is 16.4. The molecule has 0 saturated heterocycles. The van der Waals surface area contributed by atoms with Gasteiger partial charge in [0.25, 0.3) is 0 Å². The molecule has 1 aliphatic rings. The highest BCUT2D eigenvalue weighted by atomic mass is 32.2. The van der Waals surface area contributed by atoms with Crippen LogP contribution in [-0.2, 0) is 0 Å². The normalized spacial score (nSPS) is 14.1. The molecular weight excluding hydrogens is 354 g/mol. The van der Waals surface area contributed by atoms with Crippen molar-refractivity contribution in [1.82, 2.24) is 9.97 Å². The van der Waals surface area contributed by atoms with Crippen molar-refractivity contribution < 1.29 is 0 Å². The van der Waals surface area contributed by atoms with Crippen molar-refractivity contribution in [3.63, 3.8) is 0 Å². The molecule has 1 heterocycles. The first-order chi connectivity index (χ1) is 13.3. The van der Waals surface area contributed by atoms with Gasteiger partial charge < -0.3 is 16.0 Å². The molecule has 3 rings (SSSR count). The van der Waals surface area contributed by atoms with Crippen LogP contribution in [0, 0.1) is 22.5 Å². The van der Waals surface area contributed by atoms with E-state index in [1.54, 1.807) is 6.20 Å². The van der Waals surface area contributed by atoms with E-state index in [2.05, 4.69) is 31.8 Å². The Morgan fingerprint density at radius 3 is 2.70 bits per heavy atom. The van der Waals surface area contributed by atoms with Gasteiger partial charge in [-0.15, -0.1) is 0 Å². The first-order valence-electron chi connectivity index (χ1n) is 9.35. The summed E-state index contributed by atoms with van der Waals surface area (Å²) < 4.78 is 0. The van der Waals surface area contributed by atoms with Crippen LogP contribution >= 0.6 is 11.8 Å². The maximum absolute atomic E-state index is 7.60. The number of rotatable bonds is 7. The highest BCUT2D eigenvalue weighted by molar-refractivity contribution is 8.03. The van der Waals surface area contributed by atoms with E-state index in [9.17, 15) is 0 Å². The summed E-state index contributed by atoms with van der Waals surface area (Å²) in [6.07, 6.45) is 9.52. The fourth-order valence-corrected chi connectivity index (χ4v) is 3.67. The summed E-state index contributed by atoms with van der Waals surface area (Å²) in [6, 6.07) is 8.02. The topological polar surface area (TPSA) is 73.7 Å². The van der Waals surface area contributed by atoms with Gasteiger partial charge in [-0.25, -0.2) is 4.98 Å². The smallest absolute Gasteiger partial charge is 0.229 e. The fraction of sp³-hybridized carbons (Fsp3) is 0.381. The Morgan fingerprint density at radius 2 is 2.00 bits per heavy atom. The van der Waals surface area contributed by atoms with Crippen LogP contribution in [0.4, 0.5) is 17.5 Å². The monoisotopic (exact) mass is 379 g/mol. The van der Waals surface area contributed by atoms with E-state index in [0.717, 1.165) is 22.9 Å². The first kappa shape index (κ1) is 19.2. The third-order valence-corrected chi connectivity index (χ3v) is 5.45. The molecule has 3 N–H and O–H groups in total. The molecule has 0 aliphatic heterocycles. The number of nitrogens with zero attached hydrogens (tertiary/aromatic N) is 2. The molecule has 0 spiro atoms. The number of aromatic nitrogens is 2. The third-order valence-electron chi connectivity index (χ3n) is 4.64. The minimum absolute atomic E-state index is 0.528. The summed E-state index contributed by atoms with van der Waals surface area (Å²) in [4.78, 5) is 10.0. The van der Waals surface area contributed by atoms with Gasteiger partial charge in [-0.1, -0.05) is 25.2 Å². The lowest BCUT2D eigenvalue weighted by Crippen LogP contribution is -2.18. The molecule has 0 unspecified atom stereocenters. The fourth-order valence-electron chi connectivity index (χ4n) is 3.18. The van der Waals surface area contributed by atoms with Crippen molar-refractivity contribution in [2.45, 2.75) is 43.9 Å². The molecule has 0 bridgehead atoms. The van der Waals surface area contributed by atoms with Gasteiger partial charge in [0.05, 0.1) is 5.56 Å². The first-order valence-corrected chi connectivity index (χ1v) is 10.2. The predicted molar refractivity (Wildman–Crippen MR) is 114 cm³/mol. The number of benzene rings is 1. The van der Waals surface area contributed by atoms with E-state index in [1.165, 1.54) is 50.1 Å². The van der Waals surface area contributed by atoms with Crippen LogP contribution in [0.2, 0.25) is 0 Å². The zero-order chi connectivity index (χ0) is 18.9. The van der Waals surface area contributed by atoms with Gasteiger partial charge in [0, 0.05) is 29.5 Å². The molecule has 5 nitrogen and oxygen atoms in total. The predicted octanol–water partition coefficient (Wildman–Crippen LogP) is 5.28. The van der Waals surface area contributed by atoms with Crippen molar-refractivity contribution in [1.29, 1.82) is 5.41 Å². The number of thioether (sulfide) groups is 1. The minimum Gasteiger partial charge on any atom is -0.369 e. The maximum Gasteiger partial charge on any atom is 0.229 e. The zero-order valence-electron chi connectivity index (χ0n) is 15.6. The van der Waals surface area contributed by atoms with Crippen molar-refractivity contribution in [2.75, 3.05) is 17.2 Å². The van der Waals surface area contributed by atoms with Gasteiger partial charge in [-0.05, 0) is 67.0 Å². The molecule has 1 aromatic heterocycles. The molecule has 0 atom stereocenters. The van der Waals surface area contributed by atoms with Crippen LogP contribution < -0.4 is 10.6 Å². The number of nitrogens with one attached hydrogen (secondary N) is 3. The maximum atomic E-state index is 7.60. The average Bonchev–Trinajstić information content (AvgIpc) is 2.72. The Hall–Kier alpha value is -2.52. The van der Waals surface area contributed by atoms with Crippen molar-refractivity contribution in [3.8, 4) is 11.2 Å². The lowest BCUT2D eigenvalue weighted by Gasteiger charge is -2.22. The summed E-state index contributed by atoms with van der Waals surface area (Å²) in [7, 11) is 0. The summed E-state index contributed by atoms with van der Waals surface area (Å²) in [5.41, 5.74) is 1.63. The van der Waals surface area contributed by atoms with Crippen LogP contribution in [0.15, 0.2) is 35.4 Å². The van der Waals surface area contributed by atoms with Gasteiger partial charge in [-0.2, -0.15) is 4.98 Å². The van der Waals surface area contributed by atoms with E-state index in [0.29, 0.717) is 17.4 Å². The largest absolute Gasteiger partial charge is 0.369 e. The lowest BCUT2D eigenvalue weighted by atomic mass is 9.89. The summed E-state index contributed by atoms with van der Waals surface area (Å²) in [5.74, 6) is 4.82. The number of anilines is 3. The van der Waals surface area contributed by atoms with Crippen LogP contribution in [0.25, 0.3) is 0 Å². The summed E-state index contributed by atoms with van der Waals surface area (Å²) in [6.45, 7) is 2.74. The standard InChI is InChI=1S/C21H25N5S/c1-2-12-27-19-10-8-18(9-11-19)25-21-24-15-17(13-22)20(26-21)23-14-16-6-4-3-5-7-16/h8-11,13,15-16,22H,3-7,14H2,1H3,(H2,23,24,25,26). The van der Waals surface area contributed by atoms with E-state index in [4.69, 9.17) is 5.41 Å². The SMILES string of the molecule is CC#CSc1ccc(Nc2ncc(C=N)c(NCC3CCCCC3)n2)cc1. The second-order valence-corrected chi connectivity index (χ2v) is 7.51. The molecule has 140 valence electrons. The van der Waals surface area contributed by atoms with Crippen molar-refractivity contribution in [2.24, 2.45) is 5.92 Å². The molecule has 6 heteroatoms. The number of hydrogen-bond acceptors (Lipinski definition) is 6. The van der Waals surface area contributed by atoms with E-state index >= 15 is 0 Å². The second-order valence-electron chi connectivity index (χ2n) is 6.63. The Labute approximate surface area is 165 Å². The van der Waals surface area contributed by atoms with E-state index in [-0.39, 0.29) is 0 Å². The lowest BCUT2D eigenvalue weighted by molar-refractivity contribution is 0.373. The van der Waals surface area contributed by atoms with Crippen molar-refractivity contribution >= 4 is 35.4 Å². The van der Waals surface area contributed by atoms with Gasteiger partial charge in [0.2, 0.25) is 5.95 Å².